The molecule has 114 valence electrons. The van der Waals surface area contributed by atoms with Gasteiger partial charge in [-0.25, -0.2) is 4.98 Å². The second kappa shape index (κ2) is 8.05. The Morgan fingerprint density at radius 3 is 2.95 bits per heavy atom. The molecule has 0 saturated heterocycles. The Morgan fingerprint density at radius 2 is 2.24 bits per heavy atom. The fraction of sp³-hybridized carbons (Fsp3) is 0.438. The standard InChI is InChI=1S/C16H22ClN3O/c1-13(2)21-16-5-4-15(17)10-14(16)11-18-6-3-8-20-9-7-19-12-20/h4-5,7,9-10,12-13,18H,3,6,8,11H2,1-2H3. The molecule has 0 radical (unpaired) electrons. The van der Waals surface area contributed by atoms with E-state index in [1.807, 2.05) is 44.6 Å². The molecule has 0 fully saturated rings. The van der Waals surface area contributed by atoms with Gasteiger partial charge in [-0.1, -0.05) is 11.6 Å². The predicted octanol–water partition coefficient (Wildman–Crippen LogP) is 3.50. The van der Waals surface area contributed by atoms with Crippen LogP contribution in [0.15, 0.2) is 36.9 Å². The van der Waals surface area contributed by atoms with Crippen molar-refractivity contribution in [3.05, 3.63) is 47.5 Å². The van der Waals surface area contributed by atoms with Crippen molar-refractivity contribution in [1.29, 1.82) is 0 Å². The average Bonchev–Trinajstić information content (AvgIpc) is 2.94. The molecule has 0 saturated carbocycles. The van der Waals surface area contributed by atoms with E-state index < -0.39 is 0 Å². The molecule has 0 bridgehead atoms. The van der Waals surface area contributed by atoms with Gasteiger partial charge in [0, 0.05) is 36.1 Å². The Balaban J connectivity index is 1.80. The number of rotatable bonds is 8. The number of halogens is 1. The minimum atomic E-state index is 0.158. The molecule has 4 nitrogen and oxygen atoms in total. The van der Waals surface area contributed by atoms with E-state index in [0.29, 0.717) is 0 Å². The summed E-state index contributed by atoms with van der Waals surface area (Å²) in [5, 5.41) is 4.17. The number of hydrogen-bond acceptors (Lipinski definition) is 3. The molecular formula is C16H22ClN3O. The van der Waals surface area contributed by atoms with Crippen molar-refractivity contribution >= 4 is 11.6 Å². The van der Waals surface area contributed by atoms with E-state index in [1.54, 1.807) is 6.20 Å². The van der Waals surface area contributed by atoms with Crippen LogP contribution in [0.4, 0.5) is 0 Å². The van der Waals surface area contributed by atoms with Crippen LogP contribution < -0.4 is 10.1 Å². The number of hydrogen-bond donors (Lipinski definition) is 1. The SMILES string of the molecule is CC(C)Oc1ccc(Cl)cc1CNCCCn1ccnc1. The zero-order chi connectivity index (χ0) is 15.1. The van der Waals surface area contributed by atoms with E-state index in [4.69, 9.17) is 16.3 Å². The molecular weight excluding hydrogens is 286 g/mol. The molecule has 2 aromatic rings. The van der Waals surface area contributed by atoms with Gasteiger partial charge in [-0.2, -0.15) is 0 Å². The smallest absolute Gasteiger partial charge is 0.124 e. The highest BCUT2D eigenvalue weighted by molar-refractivity contribution is 6.30. The van der Waals surface area contributed by atoms with Gasteiger partial charge in [0.2, 0.25) is 0 Å². The van der Waals surface area contributed by atoms with Crippen LogP contribution in [0.1, 0.15) is 25.8 Å². The summed E-state index contributed by atoms with van der Waals surface area (Å²) in [6, 6.07) is 5.76. The quantitative estimate of drug-likeness (QED) is 0.759. The monoisotopic (exact) mass is 307 g/mol. The summed E-state index contributed by atoms with van der Waals surface area (Å²) in [6.45, 7) is 6.71. The first-order chi connectivity index (χ1) is 10.1. The van der Waals surface area contributed by atoms with Gasteiger partial charge < -0.3 is 14.6 Å². The zero-order valence-corrected chi connectivity index (χ0v) is 13.3. The van der Waals surface area contributed by atoms with Crippen molar-refractivity contribution in [1.82, 2.24) is 14.9 Å². The summed E-state index contributed by atoms with van der Waals surface area (Å²) in [4.78, 5) is 4.03. The van der Waals surface area contributed by atoms with E-state index in [1.165, 1.54) is 0 Å². The molecule has 1 aromatic heterocycles. The van der Waals surface area contributed by atoms with Crippen molar-refractivity contribution < 1.29 is 4.74 Å². The highest BCUT2D eigenvalue weighted by Crippen LogP contribution is 2.23. The Kier molecular flexibility index (Phi) is 6.08. The number of ether oxygens (including phenoxy) is 1. The summed E-state index contributed by atoms with van der Waals surface area (Å²) < 4.78 is 7.88. The molecule has 2 rings (SSSR count). The van der Waals surface area contributed by atoms with Crippen molar-refractivity contribution in [3.8, 4) is 5.75 Å². The molecule has 0 unspecified atom stereocenters. The van der Waals surface area contributed by atoms with Crippen LogP contribution in [0.3, 0.4) is 0 Å². The highest BCUT2D eigenvalue weighted by Gasteiger charge is 2.06. The Bertz CT molecular complexity index is 540. The van der Waals surface area contributed by atoms with E-state index in [9.17, 15) is 0 Å². The van der Waals surface area contributed by atoms with Crippen LogP contribution in [0.25, 0.3) is 0 Å². The molecule has 21 heavy (non-hydrogen) atoms. The number of aryl methyl sites for hydroxylation is 1. The minimum Gasteiger partial charge on any atom is -0.491 e. The van der Waals surface area contributed by atoms with Crippen LogP contribution in [0, 0.1) is 0 Å². The predicted molar refractivity (Wildman–Crippen MR) is 85.8 cm³/mol. The van der Waals surface area contributed by atoms with E-state index >= 15 is 0 Å². The second-order valence-corrected chi connectivity index (χ2v) is 5.69. The van der Waals surface area contributed by atoms with Gasteiger partial charge in [-0.15, -0.1) is 0 Å². The van der Waals surface area contributed by atoms with Crippen molar-refractivity contribution in [2.24, 2.45) is 0 Å². The lowest BCUT2D eigenvalue weighted by molar-refractivity contribution is 0.239. The number of nitrogens with one attached hydrogen (secondary N) is 1. The summed E-state index contributed by atoms with van der Waals surface area (Å²) >= 11 is 6.07. The summed E-state index contributed by atoms with van der Waals surface area (Å²) in [6.07, 6.45) is 6.83. The maximum atomic E-state index is 6.07. The lowest BCUT2D eigenvalue weighted by Gasteiger charge is -2.15. The first-order valence-electron chi connectivity index (χ1n) is 7.26. The zero-order valence-electron chi connectivity index (χ0n) is 12.6. The third kappa shape index (κ3) is 5.40. The van der Waals surface area contributed by atoms with Crippen LogP contribution in [0.2, 0.25) is 5.02 Å². The van der Waals surface area contributed by atoms with Gasteiger partial charge in [0.25, 0.3) is 0 Å². The molecule has 0 aliphatic carbocycles. The molecule has 0 atom stereocenters. The molecule has 0 amide bonds. The molecule has 1 heterocycles. The molecule has 0 aliphatic rings. The fourth-order valence-corrected chi connectivity index (χ4v) is 2.28. The highest BCUT2D eigenvalue weighted by atomic mass is 35.5. The molecule has 5 heteroatoms. The Labute approximate surface area is 131 Å². The molecule has 1 aromatic carbocycles. The number of imidazole rings is 1. The third-order valence-corrected chi connectivity index (χ3v) is 3.26. The van der Waals surface area contributed by atoms with Gasteiger partial charge in [-0.05, 0) is 45.0 Å². The van der Waals surface area contributed by atoms with E-state index in [-0.39, 0.29) is 6.10 Å². The van der Waals surface area contributed by atoms with Crippen molar-refractivity contribution in [3.63, 3.8) is 0 Å². The maximum Gasteiger partial charge on any atom is 0.124 e. The lowest BCUT2D eigenvalue weighted by Crippen LogP contribution is -2.17. The Hall–Kier alpha value is -1.52. The third-order valence-electron chi connectivity index (χ3n) is 3.03. The van der Waals surface area contributed by atoms with Gasteiger partial charge in [0.1, 0.15) is 5.75 Å². The normalized spacial score (nSPS) is 11.0. The van der Waals surface area contributed by atoms with Gasteiger partial charge in [0.05, 0.1) is 12.4 Å². The van der Waals surface area contributed by atoms with Crippen molar-refractivity contribution in [2.45, 2.75) is 39.5 Å². The topological polar surface area (TPSA) is 39.1 Å². The van der Waals surface area contributed by atoms with Gasteiger partial charge in [0.15, 0.2) is 0 Å². The molecule has 0 spiro atoms. The van der Waals surface area contributed by atoms with Gasteiger partial charge >= 0.3 is 0 Å². The Morgan fingerprint density at radius 1 is 1.38 bits per heavy atom. The molecule has 0 aliphatic heterocycles. The number of nitrogens with zero attached hydrogens (tertiary/aromatic N) is 2. The number of aromatic nitrogens is 2. The number of benzene rings is 1. The largest absolute Gasteiger partial charge is 0.491 e. The van der Waals surface area contributed by atoms with Gasteiger partial charge in [-0.3, -0.25) is 0 Å². The van der Waals surface area contributed by atoms with E-state index in [0.717, 1.165) is 42.4 Å². The van der Waals surface area contributed by atoms with Crippen LogP contribution in [-0.2, 0) is 13.1 Å². The summed E-state index contributed by atoms with van der Waals surface area (Å²) in [7, 11) is 0. The van der Waals surface area contributed by atoms with Crippen LogP contribution >= 0.6 is 11.6 Å². The summed E-state index contributed by atoms with van der Waals surface area (Å²) in [5.74, 6) is 0.900. The summed E-state index contributed by atoms with van der Waals surface area (Å²) in [5.41, 5.74) is 1.10. The lowest BCUT2D eigenvalue weighted by atomic mass is 10.2. The first-order valence-corrected chi connectivity index (χ1v) is 7.64. The second-order valence-electron chi connectivity index (χ2n) is 5.25. The molecule has 1 N–H and O–H groups in total. The minimum absolute atomic E-state index is 0.158. The van der Waals surface area contributed by atoms with Crippen LogP contribution in [-0.4, -0.2) is 22.2 Å². The van der Waals surface area contributed by atoms with E-state index in [2.05, 4.69) is 14.9 Å². The maximum absolute atomic E-state index is 6.07. The average molecular weight is 308 g/mol. The van der Waals surface area contributed by atoms with Crippen molar-refractivity contribution in [2.75, 3.05) is 6.54 Å². The van der Waals surface area contributed by atoms with Crippen LogP contribution in [0.5, 0.6) is 5.75 Å². The fourth-order valence-electron chi connectivity index (χ4n) is 2.08. The first kappa shape index (κ1) is 15.9.